The highest BCUT2D eigenvalue weighted by Gasteiger charge is 2.02. The van der Waals surface area contributed by atoms with Gasteiger partial charge in [-0.1, -0.05) is 23.7 Å². The van der Waals surface area contributed by atoms with Crippen molar-refractivity contribution in [3.05, 3.63) is 52.8 Å². The van der Waals surface area contributed by atoms with Crippen LogP contribution in [0.1, 0.15) is 11.3 Å². The van der Waals surface area contributed by atoms with Crippen LogP contribution in [0.2, 0.25) is 5.02 Å². The van der Waals surface area contributed by atoms with Gasteiger partial charge in [-0.05, 0) is 23.8 Å². The van der Waals surface area contributed by atoms with Gasteiger partial charge in [-0.15, -0.1) is 0 Å². The molecule has 0 radical (unpaired) electrons. The van der Waals surface area contributed by atoms with Crippen LogP contribution in [-0.2, 0) is 13.2 Å². The van der Waals surface area contributed by atoms with Crippen molar-refractivity contribution in [3.8, 4) is 0 Å². The maximum absolute atomic E-state index is 9.05. The fraction of sp³-hybridized carbons (Fsp3) is 0.182. The Morgan fingerprint density at radius 1 is 1.33 bits per heavy atom. The molecule has 1 heterocycles. The normalized spacial score (nSPS) is 10.5. The van der Waals surface area contributed by atoms with Crippen LogP contribution < -0.4 is 0 Å². The second kappa shape index (κ2) is 4.47. The molecule has 0 aliphatic heterocycles. The predicted molar refractivity (Wildman–Crippen MR) is 58.7 cm³/mol. The largest absolute Gasteiger partial charge is 0.390 e. The molecule has 1 aromatic heterocycles. The first-order chi connectivity index (χ1) is 7.29. The lowest BCUT2D eigenvalue weighted by molar-refractivity contribution is 0.269. The van der Waals surface area contributed by atoms with E-state index in [0.717, 1.165) is 11.3 Å². The summed E-state index contributed by atoms with van der Waals surface area (Å²) in [7, 11) is 0. The van der Waals surface area contributed by atoms with Gasteiger partial charge in [0.2, 0.25) is 0 Å². The smallest absolute Gasteiger partial charge is 0.0850 e. The summed E-state index contributed by atoms with van der Waals surface area (Å²) in [6.45, 7) is 0.629. The molecule has 0 aliphatic rings. The number of benzene rings is 1. The topological polar surface area (TPSA) is 38.1 Å². The molecule has 0 bridgehead atoms. The minimum absolute atomic E-state index is 0.000561. The Morgan fingerprint density at radius 2 is 2.20 bits per heavy atom. The van der Waals surface area contributed by atoms with Crippen LogP contribution in [0.5, 0.6) is 0 Å². The van der Waals surface area contributed by atoms with Crippen molar-refractivity contribution in [3.63, 3.8) is 0 Å². The summed E-state index contributed by atoms with van der Waals surface area (Å²) < 4.78 is 1.76. The minimum atomic E-state index is 0.000561. The van der Waals surface area contributed by atoms with Gasteiger partial charge >= 0.3 is 0 Å². The molecule has 4 heteroatoms. The molecule has 0 unspecified atom stereocenters. The first-order valence-corrected chi connectivity index (χ1v) is 5.03. The van der Waals surface area contributed by atoms with Crippen molar-refractivity contribution in [2.45, 2.75) is 13.2 Å². The molecule has 2 aromatic rings. The van der Waals surface area contributed by atoms with E-state index in [2.05, 4.69) is 5.10 Å². The summed E-state index contributed by atoms with van der Waals surface area (Å²) in [6, 6.07) is 9.41. The molecular weight excluding hydrogens is 212 g/mol. The Labute approximate surface area is 92.9 Å². The van der Waals surface area contributed by atoms with E-state index in [1.807, 2.05) is 24.3 Å². The zero-order valence-electron chi connectivity index (χ0n) is 8.10. The van der Waals surface area contributed by atoms with Crippen molar-refractivity contribution >= 4 is 11.6 Å². The maximum Gasteiger partial charge on any atom is 0.0850 e. The molecule has 2 rings (SSSR count). The summed E-state index contributed by atoms with van der Waals surface area (Å²) in [5.41, 5.74) is 1.87. The molecule has 0 aliphatic carbocycles. The minimum Gasteiger partial charge on any atom is -0.390 e. The first kappa shape index (κ1) is 10.2. The summed E-state index contributed by atoms with van der Waals surface area (Å²) in [5.74, 6) is 0. The van der Waals surface area contributed by atoms with Crippen LogP contribution in [-0.4, -0.2) is 14.9 Å². The van der Waals surface area contributed by atoms with Crippen molar-refractivity contribution in [2.24, 2.45) is 0 Å². The van der Waals surface area contributed by atoms with E-state index in [9.17, 15) is 0 Å². The lowest BCUT2D eigenvalue weighted by Crippen LogP contribution is -2.05. The third kappa shape index (κ3) is 2.37. The second-order valence-electron chi connectivity index (χ2n) is 3.27. The highest BCUT2D eigenvalue weighted by atomic mass is 35.5. The Hall–Kier alpha value is -1.32. The van der Waals surface area contributed by atoms with Crippen molar-refractivity contribution in [2.75, 3.05) is 0 Å². The van der Waals surface area contributed by atoms with Crippen LogP contribution in [0.4, 0.5) is 0 Å². The van der Waals surface area contributed by atoms with Crippen molar-refractivity contribution in [1.29, 1.82) is 0 Å². The van der Waals surface area contributed by atoms with Crippen LogP contribution in [0.15, 0.2) is 36.5 Å². The van der Waals surface area contributed by atoms with Crippen molar-refractivity contribution < 1.29 is 5.11 Å². The van der Waals surface area contributed by atoms with Crippen LogP contribution in [0.25, 0.3) is 0 Å². The monoisotopic (exact) mass is 222 g/mol. The number of rotatable bonds is 3. The average molecular weight is 223 g/mol. The van der Waals surface area contributed by atoms with Gasteiger partial charge in [0, 0.05) is 11.2 Å². The van der Waals surface area contributed by atoms with E-state index in [-0.39, 0.29) is 6.61 Å². The van der Waals surface area contributed by atoms with Crippen LogP contribution >= 0.6 is 11.6 Å². The molecule has 0 saturated heterocycles. The molecule has 0 atom stereocenters. The standard InChI is InChI=1S/C11H11ClN2O/c12-10-3-1-2-9(6-10)7-14-11(8-15)4-5-13-14/h1-6,15H,7-8H2. The van der Waals surface area contributed by atoms with Crippen molar-refractivity contribution in [1.82, 2.24) is 9.78 Å². The number of hydrogen-bond acceptors (Lipinski definition) is 2. The molecule has 15 heavy (non-hydrogen) atoms. The molecule has 78 valence electrons. The Balaban J connectivity index is 2.22. The summed E-state index contributed by atoms with van der Waals surface area (Å²) in [5, 5.41) is 13.9. The van der Waals surface area contributed by atoms with E-state index >= 15 is 0 Å². The zero-order valence-corrected chi connectivity index (χ0v) is 8.85. The number of aliphatic hydroxyl groups excluding tert-OH is 1. The van der Waals surface area contributed by atoms with Gasteiger partial charge < -0.3 is 5.11 Å². The molecule has 0 spiro atoms. The number of nitrogens with zero attached hydrogens (tertiary/aromatic N) is 2. The highest BCUT2D eigenvalue weighted by Crippen LogP contribution is 2.12. The van der Waals surface area contributed by atoms with Crippen LogP contribution in [0, 0.1) is 0 Å². The molecule has 1 aromatic carbocycles. The lowest BCUT2D eigenvalue weighted by Gasteiger charge is -2.05. The van der Waals surface area contributed by atoms with E-state index in [4.69, 9.17) is 16.7 Å². The predicted octanol–water partition coefficient (Wildman–Crippen LogP) is 2.08. The third-order valence-corrected chi connectivity index (χ3v) is 2.42. The highest BCUT2D eigenvalue weighted by molar-refractivity contribution is 6.30. The van der Waals surface area contributed by atoms with Gasteiger partial charge in [-0.3, -0.25) is 4.68 Å². The van der Waals surface area contributed by atoms with E-state index in [1.165, 1.54) is 0 Å². The molecule has 0 saturated carbocycles. The number of aromatic nitrogens is 2. The SMILES string of the molecule is OCc1ccnn1Cc1cccc(Cl)c1. The van der Waals surface area contributed by atoms with E-state index in [1.54, 1.807) is 16.9 Å². The third-order valence-electron chi connectivity index (χ3n) is 2.19. The summed E-state index contributed by atoms with van der Waals surface area (Å²) in [4.78, 5) is 0. The number of hydrogen-bond donors (Lipinski definition) is 1. The molecule has 0 fully saturated rings. The zero-order chi connectivity index (χ0) is 10.7. The van der Waals surface area contributed by atoms with E-state index < -0.39 is 0 Å². The van der Waals surface area contributed by atoms with Crippen LogP contribution in [0.3, 0.4) is 0 Å². The first-order valence-electron chi connectivity index (χ1n) is 4.65. The quantitative estimate of drug-likeness (QED) is 0.864. The fourth-order valence-corrected chi connectivity index (χ4v) is 1.66. The van der Waals surface area contributed by atoms with Gasteiger partial charge in [0.05, 0.1) is 18.8 Å². The molecule has 0 amide bonds. The molecule has 3 nitrogen and oxygen atoms in total. The van der Waals surface area contributed by atoms with Gasteiger partial charge in [0.25, 0.3) is 0 Å². The number of aliphatic hydroxyl groups is 1. The van der Waals surface area contributed by atoms with Gasteiger partial charge in [-0.2, -0.15) is 5.10 Å². The van der Waals surface area contributed by atoms with Gasteiger partial charge in [-0.25, -0.2) is 0 Å². The summed E-state index contributed by atoms with van der Waals surface area (Å²) >= 11 is 5.88. The second-order valence-corrected chi connectivity index (χ2v) is 3.70. The summed E-state index contributed by atoms with van der Waals surface area (Å²) in [6.07, 6.45) is 1.68. The van der Waals surface area contributed by atoms with E-state index in [0.29, 0.717) is 11.6 Å². The number of halogens is 1. The van der Waals surface area contributed by atoms with Gasteiger partial charge in [0.15, 0.2) is 0 Å². The Bertz CT molecular complexity index is 453. The van der Waals surface area contributed by atoms with Gasteiger partial charge in [0.1, 0.15) is 0 Å². The Kier molecular flexibility index (Phi) is 3.04. The Morgan fingerprint density at radius 3 is 2.93 bits per heavy atom. The molecule has 1 N–H and O–H groups in total. The average Bonchev–Trinajstić information content (AvgIpc) is 2.65. The fourth-order valence-electron chi connectivity index (χ4n) is 1.44. The maximum atomic E-state index is 9.05. The molecular formula is C11H11ClN2O. The lowest BCUT2D eigenvalue weighted by atomic mass is 10.2.